The van der Waals surface area contributed by atoms with E-state index in [1.807, 2.05) is 30.3 Å². The van der Waals surface area contributed by atoms with Crippen LogP contribution in [-0.2, 0) is 15.0 Å². The molecule has 1 unspecified atom stereocenters. The Bertz CT molecular complexity index is 561. The lowest BCUT2D eigenvalue weighted by Gasteiger charge is -2.16. The first-order chi connectivity index (χ1) is 9.44. The molecule has 0 bridgehead atoms. The third kappa shape index (κ3) is 4.48. The molecule has 1 aromatic carbocycles. The van der Waals surface area contributed by atoms with Crippen LogP contribution in [0, 0.1) is 5.92 Å². The Labute approximate surface area is 117 Å². The highest BCUT2D eigenvalue weighted by atomic mass is 32.3. The van der Waals surface area contributed by atoms with Crippen molar-refractivity contribution in [3.63, 3.8) is 0 Å². The number of hydrogen-bond acceptors (Lipinski definition) is 4. The van der Waals surface area contributed by atoms with Gasteiger partial charge in [0.2, 0.25) is 5.91 Å². The molecule has 110 valence electrons. The summed E-state index contributed by atoms with van der Waals surface area (Å²) in [6.45, 7) is 0.960. The van der Waals surface area contributed by atoms with Gasteiger partial charge in [0, 0.05) is 18.9 Å². The second-order valence-corrected chi connectivity index (χ2v) is 6.19. The molecular formula is C13H16FNO4S. The zero-order valence-electron chi connectivity index (χ0n) is 10.9. The topological polar surface area (TPSA) is 63.7 Å². The van der Waals surface area contributed by atoms with Crippen LogP contribution < -0.4 is 4.74 Å². The van der Waals surface area contributed by atoms with Crippen molar-refractivity contribution in [2.45, 2.75) is 6.42 Å². The van der Waals surface area contributed by atoms with Crippen molar-refractivity contribution in [2.75, 3.05) is 25.4 Å². The highest BCUT2D eigenvalue weighted by molar-refractivity contribution is 7.86. The van der Waals surface area contributed by atoms with Crippen LogP contribution in [0.4, 0.5) is 3.89 Å². The van der Waals surface area contributed by atoms with E-state index in [4.69, 9.17) is 4.74 Å². The number of para-hydroxylation sites is 1. The van der Waals surface area contributed by atoms with E-state index in [2.05, 4.69) is 0 Å². The van der Waals surface area contributed by atoms with Gasteiger partial charge in [0.05, 0.1) is 12.3 Å². The van der Waals surface area contributed by atoms with Crippen LogP contribution in [0.2, 0.25) is 0 Å². The van der Waals surface area contributed by atoms with E-state index < -0.39 is 21.9 Å². The van der Waals surface area contributed by atoms with Gasteiger partial charge in [-0.05, 0) is 12.1 Å². The molecule has 0 N–H and O–H groups in total. The second-order valence-electron chi connectivity index (χ2n) is 4.78. The van der Waals surface area contributed by atoms with Crippen LogP contribution in [-0.4, -0.2) is 44.7 Å². The highest BCUT2D eigenvalue weighted by Crippen LogP contribution is 2.20. The molecule has 7 heteroatoms. The van der Waals surface area contributed by atoms with E-state index in [-0.39, 0.29) is 18.9 Å². The van der Waals surface area contributed by atoms with Gasteiger partial charge in [-0.3, -0.25) is 4.79 Å². The fourth-order valence-corrected chi connectivity index (χ4v) is 3.04. The van der Waals surface area contributed by atoms with Crippen molar-refractivity contribution in [3.05, 3.63) is 30.3 Å². The Morgan fingerprint density at radius 2 is 2.00 bits per heavy atom. The average Bonchev–Trinajstić information content (AvgIpc) is 2.68. The van der Waals surface area contributed by atoms with Crippen LogP contribution >= 0.6 is 0 Å². The predicted octanol–water partition coefficient (Wildman–Crippen LogP) is 1.21. The molecule has 1 amide bonds. The van der Waals surface area contributed by atoms with Crippen LogP contribution in [0.25, 0.3) is 0 Å². The molecule has 0 spiro atoms. The Balaban J connectivity index is 1.78. The summed E-state index contributed by atoms with van der Waals surface area (Å²) >= 11 is 0. The number of nitrogens with zero attached hydrogens (tertiary/aromatic N) is 1. The second kappa shape index (κ2) is 6.21. The van der Waals surface area contributed by atoms with E-state index in [1.54, 1.807) is 0 Å². The van der Waals surface area contributed by atoms with Crippen molar-refractivity contribution < 1.29 is 21.8 Å². The lowest BCUT2D eigenvalue weighted by Crippen LogP contribution is -2.30. The fraction of sp³-hybridized carbons (Fsp3) is 0.462. The van der Waals surface area contributed by atoms with Gasteiger partial charge in [0.25, 0.3) is 0 Å². The van der Waals surface area contributed by atoms with E-state index >= 15 is 0 Å². The molecule has 0 aliphatic carbocycles. The van der Waals surface area contributed by atoms with Crippen molar-refractivity contribution in [3.8, 4) is 5.75 Å². The minimum atomic E-state index is -4.53. The molecule has 0 aromatic heterocycles. The van der Waals surface area contributed by atoms with Gasteiger partial charge in [0.15, 0.2) is 0 Å². The van der Waals surface area contributed by atoms with Crippen molar-refractivity contribution in [1.29, 1.82) is 0 Å². The number of hydrogen-bond donors (Lipinski definition) is 0. The first-order valence-corrected chi connectivity index (χ1v) is 7.87. The Morgan fingerprint density at radius 3 is 2.65 bits per heavy atom. The number of halogens is 1. The summed E-state index contributed by atoms with van der Waals surface area (Å²) in [5, 5.41) is 0. The quantitative estimate of drug-likeness (QED) is 0.741. The lowest BCUT2D eigenvalue weighted by molar-refractivity contribution is -0.128. The minimum Gasteiger partial charge on any atom is -0.492 e. The largest absolute Gasteiger partial charge is 0.492 e. The maximum Gasteiger partial charge on any atom is 0.302 e. The number of likely N-dealkylation sites (tertiary alicyclic amines) is 1. The number of carbonyl (C=O) groups is 1. The van der Waals surface area contributed by atoms with Crippen molar-refractivity contribution in [1.82, 2.24) is 4.90 Å². The molecule has 2 rings (SSSR count). The average molecular weight is 301 g/mol. The fourth-order valence-electron chi connectivity index (χ4n) is 2.25. The summed E-state index contributed by atoms with van der Waals surface area (Å²) in [4.78, 5) is 13.2. The predicted molar refractivity (Wildman–Crippen MR) is 71.5 cm³/mol. The lowest BCUT2D eigenvalue weighted by atomic mass is 10.1. The zero-order chi connectivity index (χ0) is 14.6. The molecule has 1 heterocycles. The maximum atomic E-state index is 12.6. The molecule has 1 atom stereocenters. The molecule has 5 nitrogen and oxygen atoms in total. The van der Waals surface area contributed by atoms with Gasteiger partial charge < -0.3 is 9.64 Å². The van der Waals surface area contributed by atoms with Crippen LogP contribution in [0.3, 0.4) is 0 Å². The monoisotopic (exact) mass is 301 g/mol. The summed E-state index contributed by atoms with van der Waals surface area (Å²) in [6.07, 6.45) is 0.0779. The highest BCUT2D eigenvalue weighted by Gasteiger charge is 2.32. The standard InChI is InChI=1S/C13H16FNO4S/c14-20(17,18)10-11-8-13(16)15(9-11)6-7-19-12-4-2-1-3-5-12/h1-5,11H,6-10H2. The molecule has 1 aromatic rings. The van der Waals surface area contributed by atoms with Crippen LogP contribution in [0.5, 0.6) is 5.75 Å². The summed E-state index contributed by atoms with van der Waals surface area (Å²) in [7, 11) is -4.53. The van der Waals surface area contributed by atoms with Crippen LogP contribution in [0.15, 0.2) is 30.3 Å². The first kappa shape index (κ1) is 14.8. The molecule has 1 aliphatic heterocycles. The molecular weight excluding hydrogens is 285 g/mol. The van der Waals surface area contributed by atoms with E-state index in [9.17, 15) is 17.1 Å². The van der Waals surface area contributed by atoms with Crippen molar-refractivity contribution in [2.24, 2.45) is 5.92 Å². The third-order valence-corrected chi connectivity index (χ3v) is 3.97. The summed E-state index contributed by atoms with van der Waals surface area (Å²) in [5.41, 5.74) is 0. The van der Waals surface area contributed by atoms with Crippen molar-refractivity contribution >= 4 is 16.1 Å². The van der Waals surface area contributed by atoms with Gasteiger partial charge in [0.1, 0.15) is 12.4 Å². The molecule has 1 saturated heterocycles. The molecule has 1 aliphatic rings. The number of carbonyl (C=O) groups excluding carboxylic acids is 1. The SMILES string of the molecule is O=C1CC(CS(=O)(=O)F)CN1CCOc1ccccc1. The van der Waals surface area contributed by atoms with Gasteiger partial charge in [-0.25, -0.2) is 0 Å². The summed E-state index contributed by atoms with van der Waals surface area (Å²) in [6, 6.07) is 9.18. The molecule has 0 saturated carbocycles. The Hall–Kier alpha value is -1.63. The zero-order valence-corrected chi connectivity index (χ0v) is 11.7. The third-order valence-electron chi connectivity index (χ3n) is 3.10. The van der Waals surface area contributed by atoms with Gasteiger partial charge >= 0.3 is 10.2 Å². The van der Waals surface area contributed by atoms with E-state index in [0.717, 1.165) is 0 Å². The maximum absolute atomic E-state index is 12.6. The van der Waals surface area contributed by atoms with Gasteiger partial charge in [-0.1, -0.05) is 18.2 Å². The number of rotatable bonds is 6. The smallest absolute Gasteiger partial charge is 0.302 e. The molecule has 20 heavy (non-hydrogen) atoms. The van der Waals surface area contributed by atoms with Gasteiger partial charge in [-0.2, -0.15) is 8.42 Å². The van der Waals surface area contributed by atoms with E-state index in [0.29, 0.717) is 18.9 Å². The number of ether oxygens (including phenoxy) is 1. The Kier molecular flexibility index (Phi) is 4.59. The minimum absolute atomic E-state index is 0.0779. The first-order valence-electron chi connectivity index (χ1n) is 6.32. The summed E-state index contributed by atoms with van der Waals surface area (Å²) in [5.74, 6) is -0.499. The van der Waals surface area contributed by atoms with E-state index in [1.165, 1.54) is 4.90 Å². The number of benzene rings is 1. The van der Waals surface area contributed by atoms with Crippen LogP contribution in [0.1, 0.15) is 6.42 Å². The normalized spacial score (nSPS) is 19.4. The Morgan fingerprint density at radius 1 is 1.30 bits per heavy atom. The molecule has 0 radical (unpaired) electrons. The van der Waals surface area contributed by atoms with Gasteiger partial charge in [-0.15, -0.1) is 3.89 Å². The molecule has 1 fully saturated rings. The number of amides is 1. The summed E-state index contributed by atoms with van der Waals surface area (Å²) < 4.78 is 39.2.